The number of nitrogens with zero attached hydrogens (tertiary/aromatic N) is 2. The van der Waals surface area contributed by atoms with Gasteiger partial charge in [0.25, 0.3) is 5.91 Å². The number of rotatable bonds is 11. The first-order valence-electron chi connectivity index (χ1n) is 24.3. The van der Waals surface area contributed by atoms with E-state index in [-0.39, 0.29) is 43.9 Å². The highest BCUT2D eigenvalue weighted by molar-refractivity contribution is 5.96. The molecular weight excluding hydrogens is 913 g/mol. The molecule has 0 saturated heterocycles. The van der Waals surface area contributed by atoms with Gasteiger partial charge in [0.05, 0.1) is 13.2 Å². The molecule has 1 heterocycles. The van der Waals surface area contributed by atoms with Crippen LogP contribution in [0.15, 0.2) is 77.9 Å². The second kappa shape index (κ2) is 28.3. The van der Waals surface area contributed by atoms with Crippen LogP contribution in [0, 0.1) is 17.8 Å². The lowest BCUT2D eigenvalue weighted by molar-refractivity contribution is -0.155. The molecule has 0 radical (unpaired) electrons. The van der Waals surface area contributed by atoms with Crippen molar-refractivity contribution in [1.29, 1.82) is 0 Å². The summed E-state index contributed by atoms with van der Waals surface area (Å²) in [5, 5.41) is 20.2. The van der Waals surface area contributed by atoms with Gasteiger partial charge in [0.15, 0.2) is 6.10 Å². The minimum Gasteiger partial charge on any atom is -0.456 e. The molecule has 9 atom stereocenters. The van der Waals surface area contributed by atoms with Gasteiger partial charge in [-0.05, 0) is 75.1 Å². The zero-order chi connectivity index (χ0) is 53.1. The second-order valence-corrected chi connectivity index (χ2v) is 18.9. The number of hydrogen-bond acceptors (Lipinski definition) is 12. The van der Waals surface area contributed by atoms with Crippen molar-refractivity contribution < 1.29 is 57.7 Å². The number of nitrogens with one attached hydrogen (secondary N) is 4. The van der Waals surface area contributed by atoms with E-state index in [4.69, 9.17) is 14.2 Å². The fourth-order valence-electron chi connectivity index (χ4n) is 7.81. The molecule has 0 bridgehead atoms. The molecule has 0 aliphatic carbocycles. The standard InChI is InChI=1S/C53H76N6O12/c1-13-32(5)45-48(63)56-37(10)52(67)71-46(33(6)14-2)35(8)42(70-53(68)54-28-39-21-23-40(30-60)24-22-39)25-20-34(7)51(66)69-43(26-31(3)4)47(62)55-36(9)49(64)59(12)41(27-38-18-16-15-17-19-38)50(65)58(11)29-44(61)57-45/h14-24,31-32,35-37,41-43,45-46,60H,13,25-30H2,1-12H3,(H,54,68)(H,55,62)(H,56,63)(H,57,61)/b33-14+,34-20-/t32-,35+,36+,37-,41-,42+,43-,45+,46-/m1/s1. The molecule has 390 valence electrons. The van der Waals surface area contributed by atoms with Gasteiger partial charge < -0.3 is 50.4 Å². The Morgan fingerprint density at radius 2 is 1.48 bits per heavy atom. The van der Waals surface area contributed by atoms with Gasteiger partial charge in [0, 0.05) is 45.0 Å². The molecule has 0 unspecified atom stereocenters. The lowest BCUT2D eigenvalue weighted by Gasteiger charge is -2.33. The highest BCUT2D eigenvalue weighted by atomic mass is 16.6. The molecule has 3 rings (SSSR count). The van der Waals surface area contributed by atoms with Gasteiger partial charge in [-0.3, -0.25) is 24.0 Å². The third kappa shape index (κ3) is 18.0. The van der Waals surface area contributed by atoms with Gasteiger partial charge >= 0.3 is 18.0 Å². The molecule has 2 aromatic rings. The largest absolute Gasteiger partial charge is 0.456 e. The van der Waals surface area contributed by atoms with Gasteiger partial charge in [-0.1, -0.05) is 108 Å². The number of aliphatic hydroxyl groups is 1. The van der Waals surface area contributed by atoms with Crippen molar-refractivity contribution in [2.45, 2.75) is 151 Å². The number of benzene rings is 2. The first kappa shape index (κ1) is 58.8. The van der Waals surface area contributed by atoms with E-state index < -0.39 is 108 Å². The summed E-state index contributed by atoms with van der Waals surface area (Å²) in [7, 11) is 2.83. The van der Waals surface area contributed by atoms with Crippen molar-refractivity contribution in [1.82, 2.24) is 31.1 Å². The summed E-state index contributed by atoms with van der Waals surface area (Å²) in [6, 6.07) is 11.2. The molecule has 18 nitrogen and oxygen atoms in total. The number of carbonyl (C=O) groups excluding carboxylic acids is 8. The number of alkyl carbamates (subject to hydrolysis) is 1. The molecule has 0 spiro atoms. The van der Waals surface area contributed by atoms with E-state index in [1.807, 2.05) is 26.8 Å². The Balaban J connectivity index is 2.11. The Morgan fingerprint density at radius 3 is 2.07 bits per heavy atom. The Labute approximate surface area is 418 Å². The van der Waals surface area contributed by atoms with Gasteiger partial charge in [0.2, 0.25) is 23.6 Å². The lowest BCUT2D eigenvalue weighted by Crippen LogP contribution is -2.57. The number of carbonyl (C=O) groups is 8. The van der Waals surface area contributed by atoms with Crippen LogP contribution in [0.5, 0.6) is 0 Å². The number of aliphatic hydroxyl groups excluding tert-OH is 1. The SMILES string of the molecule is C/C=C(\C)[C@H]1OC(=O)[C@@H](C)NC(=O)[C@H]([C@H](C)CC)NC(=O)CN(C)C(=O)[C@@H](Cc2ccccc2)N(C)C(=O)[C@H](C)NC(=O)[C@@H](CC(C)C)OC(=O)/C(C)=C\C[C@H](OC(=O)NCc2ccc(CO)cc2)[C@@H]1C. The minimum atomic E-state index is -1.33. The zero-order valence-corrected chi connectivity index (χ0v) is 43.4. The fraction of sp³-hybridized carbons (Fsp3) is 0.547. The summed E-state index contributed by atoms with van der Waals surface area (Å²) >= 11 is 0. The molecule has 6 amide bonds. The van der Waals surface area contributed by atoms with E-state index in [0.717, 1.165) is 16.0 Å². The van der Waals surface area contributed by atoms with Crippen molar-refractivity contribution in [3.8, 4) is 0 Å². The van der Waals surface area contributed by atoms with Crippen LogP contribution >= 0.6 is 0 Å². The zero-order valence-electron chi connectivity index (χ0n) is 43.4. The van der Waals surface area contributed by atoms with Crippen LogP contribution in [-0.4, -0.2) is 126 Å². The van der Waals surface area contributed by atoms with Crippen LogP contribution in [0.4, 0.5) is 4.79 Å². The Bertz CT molecular complexity index is 2210. The van der Waals surface area contributed by atoms with E-state index in [1.54, 1.807) is 82.3 Å². The molecule has 71 heavy (non-hydrogen) atoms. The molecule has 0 saturated carbocycles. The van der Waals surface area contributed by atoms with Gasteiger partial charge in [-0.25, -0.2) is 14.4 Å². The molecule has 1 aliphatic heterocycles. The summed E-state index contributed by atoms with van der Waals surface area (Å²) in [5.74, 6) is -6.29. The van der Waals surface area contributed by atoms with E-state index in [2.05, 4.69) is 21.3 Å². The number of likely N-dealkylation sites (N-methyl/N-ethyl adjacent to an activating group) is 2. The third-order valence-corrected chi connectivity index (χ3v) is 12.7. The maximum atomic E-state index is 14.3. The summed E-state index contributed by atoms with van der Waals surface area (Å²) in [6.45, 7) is 16.3. The normalized spacial score (nSPS) is 25.7. The van der Waals surface area contributed by atoms with Crippen LogP contribution in [-0.2, 0) is 67.3 Å². The Morgan fingerprint density at radius 1 is 0.859 bits per heavy atom. The van der Waals surface area contributed by atoms with Crippen molar-refractivity contribution in [2.24, 2.45) is 17.8 Å². The average Bonchev–Trinajstić information content (AvgIpc) is 3.35. The lowest BCUT2D eigenvalue weighted by atomic mass is 9.90. The number of allylic oxidation sites excluding steroid dienone is 1. The number of esters is 2. The summed E-state index contributed by atoms with van der Waals surface area (Å²) in [5.41, 5.74) is 2.81. The number of hydrogen-bond donors (Lipinski definition) is 5. The molecule has 5 N–H and O–H groups in total. The van der Waals surface area contributed by atoms with Crippen LogP contribution in [0.25, 0.3) is 0 Å². The molecule has 0 fully saturated rings. The number of amides is 6. The summed E-state index contributed by atoms with van der Waals surface area (Å²) in [6.07, 6.45) is -0.424. The predicted molar refractivity (Wildman–Crippen MR) is 267 cm³/mol. The monoisotopic (exact) mass is 989 g/mol. The van der Waals surface area contributed by atoms with Gasteiger partial charge in [-0.2, -0.15) is 0 Å². The van der Waals surface area contributed by atoms with Crippen molar-refractivity contribution in [3.63, 3.8) is 0 Å². The van der Waals surface area contributed by atoms with Crippen molar-refractivity contribution >= 4 is 47.6 Å². The number of cyclic esters (lactones) is 2. The van der Waals surface area contributed by atoms with Crippen LogP contribution in [0.2, 0.25) is 0 Å². The Hall–Kier alpha value is -6.56. The van der Waals surface area contributed by atoms with E-state index in [1.165, 1.54) is 45.8 Å². The molecule has 18 heteroatoms. The highest BCUT2D eigenvalue weighted by Crippen LogP contribution is 2.26. The third-order valence-electron chi connectivity index (χ3n) is 12.7. The minimum absolute atomic E-state index is 0.0594. The van der Waals surface area contributed by atoms with E-state index in [0.29, 0.717) is 17.6 Å². The Kier molecular flexibility index (Phi) is 23.4. The van der Waals surface area contributed by atoms with Crippen LogP contribution in [0.1, 0.15) is 105 Å². The summed E-state index contributed by atoms with van der Waals surface area (Å²) in [4.78, 5) is 113. The quantitative estimate of drug-likeness (QED) is 0.117. The highest BCUT2D eigenvalue weighted by Gasteiger charge is 2.37. The van der Waals surface area contributed by atoms with Gasteiger partial charge in [0.1, 0.15) is 36.4 Å². The first-order chi connectivity index (χ1) is 33.5. The van der Waals surface area contributed by atoms with Crippen molar-refractivity contribution in [2.75, 3.05) is 20.6 Å². The van der Waals surface area contributed by atoms with Crippen molar-refractivity contribution in [3.05, 3.63) is 94.6 Å². The predicted octanol–water partition coefficient (Wildman–Crippen LogP) is 4.66. The smallest absolute Gasteiger partial charge is 0.407 e. The number of ether oxygens (including phenoxy) is 3. The van der Waals surface area contributed by atoms with E-state index >= 15 is 0 Å². The van der Waals surface area contributed by atoms with Crippen LogP contribution in [0.3, 0.4) is 0 Å². The fourth-order valence-corrected chi connectivity index (χ4v) is 7.81. The molecule has 1 aliphatic rings. The summed E-state index contributed by atoms with van der Waals surface area (Å²) < 4.78 is 17.9. The molecule has 2 aromatic carbocycles. The molecular formula is C53H76N6O12. The first-order valence-corrected chi connectivity index (χ1v) is 24.3. The topological polar surface area (TPSA) is 239 Å². The molecule has 0 aromatic heterocycles. The van der Waals surface area contributed by atoms with E-state index in [9.17, 15) is 43.5 Å². The van der Waals surface area contributed by atoms with Crippen LogP contribution < -0.4 is 21.3 Å². The average molecular weight is 989 g/mol. The second-order valence-electron chi connectivity index (χ2n) is 18.9. The van der Waals surface area contributed by atoms with Gasteiger partial charge in [-0.15, -0.1) is 0 Å². The maximum Gasteiger partial charge on any atom is 0.407 e. The maximum absolute atomic E-state index is 14.3.